The van der Waals surface area contributed by atoms with Crippen LogP contribution in [0.5, 0.6) is 0 Å². The number of carbonyl (C=O) groups is 2. The van der Waals surface area contributed by atoms with Gasteiger partial charge in [-0.25, -0.2) is 9.48 Å². The van der Waals surface area contributed by atoms with Crippen molar-refractivity contribution in [3.05, 3.63) is 71.1 Å². The Labute approximate surface area is 170 Å². The van der Waals surface area contributed by atoms with Crippen LogP contribution in [0.4, 0.5) is 0 Å². The molecule has 0 aliphatic rings. The number of nitrogens with zero attached hydrogens (tertiary/aromatic N) is 2. The van der Waals surface area contributed by atoms with Crippen molar-refractivity contribution in [1.82, 2.24) is 15.1 Å². The average Bonchev–Trinajstić information content (AvgIpc) is 3.45. The zero-order valence-corrected chi connectivity index (χ0v) is 16.7. The van der Waals surface area contributed by atoms with Gasteiger partial charge >= 0.3 is 5.97 Å². The van der Waals surface area contributed by atoms with Gasteiger partial charge in [0.2, 0.25) is 0 Å². The number of thiophene rings is 1. The van der Waals surface area contributed by atoms with Crippen LogP contribution in [-0.2, 0) is 16.1 Å². The number of fused-ring (bicyclic) bond motifs is 1. The number of amides is 1. The smallest absolute Gasteiger partial charge is 0.349 e. The molecule has 0 saturated heterocycles. The summed E-state index contributed by atoms with van der Waals surface area (Å²) in [5.74, 6) is -0.296. The van der Waals surface area contributed by atoms with E-state index < -0.39 is 12.1 Å². The van der Waals surface area contributed by atoms with Gasteiger partial charge in [0.15, 0.2) is 6.10 Å². The molecule has 3 aromatic heterocycles. The minimum atomic E-state index is -0.922. The molecular formula is C21H19N3O4S. The van der Waals surface area contributed by atoms with Crippen molar-refractivity contribution in [1.29, 1.82) is 0 Å². The lowest BCUT2D eigenvalue weighted by Gasteiger charge is -2.12. The van der Waals surface area contributed by atoms with Crippen molar-refractivity contribution >= 4 is 33.4 Å². The molecule has 1 aromatic carbocycles. The summed E-state index contributed by atoms with van der Waals surface area (Å²) in [5.41, 5.74) is 1.74. The van der Waals surface area contributed by atoms with Crippen LogP contribution in [0, 0.1) is 6.92 Å². The number of carbonyl (C=O) groups excluding carboxylic acids is 2. The van der Waals surface area contributed by atoms with Crippen LogP contribution in [0.1, 0.15) is 28.0 Å². The fraction of sp³-hybridized carbons (Fsp3) is 0.190. The standard InChI is InChI=1S/C21H19N3O4S/c1-13-17-11-18(29-20(17)24(23-13)15-7-4-3-5-8-15)21(26)28-14(2)19(25)22-12-16-9-6-10-27-16/h3-11,14H,12H2,1-2H3,(H,22,25)/t14-/m0/s1. The van der Waals surface area contributed by atoms with E-state index in [2.05, 4.69) is 10.4 Å². The maximum absolute atomic E-state index is 12.6. The summed E-state index contributed by atoms with van der Waals surface area (Å²) in [6.45, 7) is 3.68. The summed E-state index contributed by atoms with van der Waals surface area (Å²) in [7, 11) is 0. The molecule has 4 rings (SSSR count). The highest BCUT2D eigenvalue weighted by Crippen LogP contribution is 2.31. The molecule has 0 saturated carbocycles. The number of benzene rings is 1. The number of hydrogen-bond donors (Lipinski definition) is 1. The van der Waals surface area contributed by atoms with E-state index in [4.69, 9.17) is 9.15 Å². The molecule has 1 atom stereocenters. The molecule has 4 aromatic rings. The second-order valence-electron chi connectivity index (χ2n) is 6.51. The van der Waals surface area contributed by atoms with Gasteiger partial charge in [-0.15, -0.1) is 11.3 Å². The number of ether oxygens (including phenoxy) is 1. The topological polar surface area (TPSA) is 86.4 Å². The van der Waals surface area contributed by atoms with Crippen molar-refractivity contribution in [2.75, 3.05) is 0 Å². The fourth-order valence-corrected chi connectivity index (χ4v) is 3.96. The zero-order chi connectivity index (χ0) is 20.4. The van der Waals surface area contributed by atoms with Crippen molar-refractivity contribution in [2.24, 2.45) is 0 Å². The van der Waals surface area contributed by atoms with Gasteiger partial charge in [-0.1, -0.05) is 18.2 Å². The molecule has 0 radical (unpaired) electrons. The summed E-state index contributed by atoms with van der Waals surface area (Å²) in [6.07, 6.45) is 0.611. The van der Waals surface area contributed by atoms with E-state index in [-0.39, 0.29) is 12.5 Å². The van der Waals surface area contributed by atoms with Crippen LogP contribution < -0.4 is 5.32 Å². The van der Waals surface area contributed by atoms with Gasteiger partial charge < -0.3 is 14.5 Å². The van der Waals surface area contributed by atoms with E-state index >= 15 is 0 Å². The maximum Gasteiger partial charge on any atom is 0.349 e. The van der Waals surface area contributed by atoms with Crippen molar-refractivity contribution < 1.29 is 18.7 Å². The average molecular weight is 409 g/mol. The van der Waals surface area contributed by atoms with Crippen LogP contribution >= 0.6 is 11.3 Å². The Morgan fingerprint density at radius 3 is 2.76 bits per heavy atom. The highest BCUT2D eigenvalue weighted by atomic mass is 32.1. The highest BCUT2D eigenvalue weighted by molar-refractivity contribution is 7.20. The molecule has 0 aliphatic carbocycles. The Kier molecular flexibility index (Phi) is 5.18. The minimum Gasteiger partial charge on any atom is -0.467 e. The predicted molar refractivity (Wildman–Crippen MR) is 109 cm³/mol. The molecule has 3 heterocycles. The molecule has 0 aliphatic heterocycles. The first-order valence-corrected chi connectivity index (χ1v) is 9.90. The van der Waals surface area contributed by atoms with E-state index in [1.165, 1.54) is 17.6 Å². The van der Waals surface area contributed by atoms with Gasteiger partial charge in [-0.05, 0) is 44.2 Å². The van der Waals surface area contributed by atoms with E-state index in [1.807, 2.05) is 41.9 Å². The normalized spacial score (nSPS) is 12.1. The Morgan fingerprint density at radius 1 is 1.24 bits per heavy atom. The van der Waals surface area contributed by atoms with E-state index in [0.29, 0.717) is 10.6 Å². The van der Waals surface area contributed by atoms with E-state index in [0.717, 1.165) is 21.6 Å². The first-order chi connectivity index (χ1) is 14.0. The summed E-state index contributed by atoms with van der Waals surface area (Å²) in [5, 5.41) is 8.13. The van der Waals surface area contributed by atoms with Crippen LogP contribution in [0.3, 0.4) is 0 Å². The quantitative estimate of drug-likeness (QED) is 0.489. The molecule has 0 fully saturated rings. The van der Waals surface area contributed by atoms with Gasteiger partial charge in [0.05, 0.1) is 24.2 Å². The number of aromatic nitrogens is 2. The summed E-state index contributed by atoms with van der Waals surface area (Å²) < 4.78 is 12.3. The van der Waals surface area contributed by atoms with Gasteiger partial charge in [-0.2, -0.15) is 5.10 Å². The first kappa shape index (κ1) is 18.9. The monoisotopic (exact) mass is 409 g/mol. The van der Waals surface area contributed by atoms with Gasteiger partial charge in [0, 0.05) is 5.39 Å². The summed E-state index contributed by atoms with van der Waals surface area (Å²) in [4.78, 5) is 26.0. The number of furan rings is 1. The highest BCUT2D eigenvalue weighted by Gasteiger charge is 2.22. The molecule has 29 heavy (non-hydrogen) atoms. The molecule has 8 heteroatoms. The minimum absolute atomic E-state index is 0.239. The SMILES string of the molecule is Cc1nn(-c2ccccc2)c2sc(C(=O)O[C@@H](C)C(=O)NCc3ccco3)cc12. The number of rotatable bonds is 6. The summed E-state index contributed by atoms with van der Waals surface area (Å²) in [6, 6.07) is 15.0. The third kappa shape index (κ3) is 3.93. The lowest BCUT2D eigenvalue weighted by Crippen LogP contribution is -2.35. The molecule has 0 spiro atoms. The van der Waals surface area contributed by atoms with Crippen molar-refractivity contribution in [3.63, 3.8) is 0 Å². The van der Waals surface area contributed by atoms with E-state index in [9.17, 15) is 9.59 Å². The molecule has 1 N–H and O–H groups in total. The number of para-hydroxylation sites is 1. The predicted octanol–water partition coefficient (Wildman–Crippen LogP) is 3.85. The largest absolute Gasteiger partial charge is 0.467 e. The Hall–Kier alpha value is -3.39. The van der Waals surface area contributed by atoms with Crippen LogP contribution in [0.2, 0.25) is 0 Å². The Morgan fingerprint density at radius 2 is 2.03 bits per heavy atom. The first-order valence-electron chi connectivity index (χ1n) is 9.08. The molecule has 0 bridgehead atoms. The van der Waals surface area contributed by atoms with Gasteiger partial charge in [0.1, 0.15) is 15.5 Å². The van der Waals surface area contributed by atoms with Crippen molar-refractivity contribution in [3.8, 4) is 5.69 Å². The van der Waals surface area contributed by atoms with E-state index in [1.54, 1.807) is 25.1 Å². The molecule has 1 amide bonds. The number of aryl methyl sites for hydroxylation is 1. The lowest BCUT2D eigenvalue weighted by molar-refractivity contribution is -0.129. The maximum atomic E-state index is 12.6. The van der Waals surface area contributed by atoms with Gasteiger partial charge in [-0.3, -0.25) is 4.79 Å². The third-order valence-corrected chi connectivity index (χ3v) is 5.51. The van der Waals surface area contributed by atoms with Crippen LogP contribution in [0.25, 0.3) is 15.9 Å². The third-order valence-electron chi connectivity index (χ3n) is 4.42. The number of hydrogen-bond acceptors (Lipinski definition) is 6. The molecular weight excluding hydrogens is 390 g/mol. The Balaban J connectivity index is 1.48. The molecule has 7 nitrogen and oxygen atoms in total. The Bertz CT molecular complexity index is 1150. The zero-order valence-electron chi connectivity index (χ0n) is 15.9. The van der Waals surface area contributed by atoms with Crippen molar-refractivity contribution in [2.45, 2.75) is 26.5 Å². The van der Waals surface area contributed by atoms with Crippen LogP contribution in [-0.4, -0.2) is 27.8 Å². The molecule has 0 unspecified atom stereocenters. The second-order valence-corrected chi connectivity index (χ2v) is 7.54. The number of esters is 1. The fourth-order valence-electron chi connectivity index (χ4n) is 2.90. The second kappa shape index (κ2) is 7.92. The lowest BCUT2D eigenvalue weighted by atomic mass is 10.3. The molecule has 148 valence electrons. The number of nitrogens with one attached hydrogen (secondary N) is 1. The summed E-state index contributed by atoms with van der Waals surface area (Å²) >= 11 is 1.29. The van der Waals surface area contributed by atoms with Gasteiger partial charge in [0.25, 0.3) is 5.91 Å². The van der Waals surface area contributed by atoms with Crippen LogP contribution in [0.15, 0.2) is 59.2 Å².